The average molecular weight is 343 g/mol. The van der Waals surface area contributed by atoms with E-state index in [0.717, 1.165) is 25.7 Å². The van der Waals surface area contributed by atoms with Crippen LogP contribution in [0, 0.1) is 28.6 Å². The lowest BCUT2D eigenvalue weighted by Gasteiger charge is -2.52. The summed E-state index contributed by atoms with van der Waals surface area (Å²) in [6, 6.07) is 0.651. The molecule has 5 aliphatic carbocycles. The summed E-state index contributed by atoms with van der Waals surface area (Å²) in [6.45, 7) is 7.04. The maximum atomic E-state index is 13.4. The zero-order valence-electron chi connectivity index (χ0n) is 15.6. The van der Waals surface area contributed by atoms with Crippen LogP contribution in [0.2, 0.25) is 0 Å². The molecule has 5 saturated carbocycles. The van der Waals surface area contributed by atoms with Crippen molar-refractivity contribution in [1.29, 1.82) is 0 Å². The zero-order valence-corrected chi connectivity index (χ0v) is 15.6. The number of fused-ring (bicyclic) bond motifs is 3. The van der Waals surface area contributed by atoms with Crippen LogP contribution in [0.5, 0.6) is 0 Å². The summed E-state index contributed by atoms with van der Waals surface area (Å²) in [5.41, 5.74) is 0.282. The Balaban J connectivity index is 1.56. The van der Waals surface area contributed by atoms with Crippen LogP contribution in [0.1, 0.15) is 83.8 Å². The van der Waals surface area contributed by atoms with E-state index in [9.17, 15) is 9.59 Å². The van der Waals surface area contributed by atoms with Gasteiger partial charge in [0.05, 0.1) is 12.1 Å². The third-order valence-electron chi connectivity index (χ3n) is 9.81. The van der Waals surface area contributed by atoms with E-state index in [1.807, 2.05) is 9.36 Å². The van der Waals surface area contributed by atoms with Gasteiger partial charge in [-0.1, -0.05) is 20.8 Å². The van der Waals surface area contributed by atoms with Gasteiger partial charge < -0.3 is 0 Å². The molecule has 1 aromatic heterocycles. The molecular formula is C20H29N3O2. The highest BCUT2D eigenvalue weighted by molar-refractivity contribution is 5.13. The molecule has 0 saturated heterocycles. The highest BCUT2D eigenvalue weighted by Crippen LogP contribution is 2.69. The van der Waals surface area contributed by atoms with E-state index in [2.05, 4.69) is 20.8 Å². The van der Waals surface area contributed by atoms with Gasteiger partial charge in [-0.15, -0.1) is 0 Å². The van der Waals surface area contributed by atoms with E-state index in [1.54, 1.807) is 4.57 Å². The van der Waals surface area contributed by atoms with Gasteiger partial charge in [-0.25, -0.2) is 23.5 Å². The molecule has 0 N–H and O–H groups in total. The minimum Gasteiger partial charge on any atom is -0.246 e. The molecule has 5 fully saturated rings. The second-order valence-corrected chi connectivity index (χ2v) is 10.5. The lowest BCUT2D eigenvalue weighted by atomic mass is 9.64. The number of aromatic nitrogens is 3. The summed E-state index contributed by atoms with van der Waals surface area (Å²) in [6.07, 6.45) is 8.12. The third-order valence-corrected chi connectivity index (χ3v) is 9.81. The predicted molar refractivity (Wildman–Crippen MR) is 94.7 cm³/mol. The Hall–Kier alpha value is -1.26. The van der Waals surface area contributed by atoms with Gasteiger partial charge in [0.25, 0.3) is 0 Å². The fraction of sp³-hybridized carbons (Fsp3) is 0.900. The Kier molecular flexibility index (Phi) is 2.48. The van der Waals surface area contributed by atoms with E-state index in [4.69, 9.17) is 0 Å². The van der Waals surface area contributed by atoms with Crippen molar-refractivity contribution in [1.82, 2.24) is 13.9 Å². The Morgan fingerprint density at radius 3 is 1.80 bits per heavy atom. The van der Waals surface area contributed by atoms with Crippen LogP contribution in [-0.2, 0) is 0 Å². The highest BCUT2D eigenvalue weighted by atomic mass is 16.2. The predicted octanol–water partition coefficient (Wildman–Crippen LogP) is 3.11. The first-order valence-corrected chi connectivity index (χ1v) is 10.3. The fourth-order valence-corrected chi connectivity index (χ4v) is 7.88. The highest BCUT2D eigenvalue weighted by Gasteiger charge is 2.63. The van der Waals surface area contributed by atoms with Gasteiger partial charge in [-0.2, -0.15) is 0 Å². The molecule has 0 radical (unpaired) electrons. The molecule has 3 heterocycles. The van der Waals surface area contributed by atoms with Crippen LogP contribution in [0.4, 0.5) is 0 Å². The molecule has 2 aliphatic heterocycles. The fourth-order valence-electron chi connectivity index (χ4n) is 7.88. The first-order chi connectivity index (χ1) is 11.8. The molecule has 7 atom stereocenters. The third kappa shape index (κ3) is 1.43. The molecule has 0 amide bonds. The Morgan fingerprint density at radius 2 is 1.40 bits per heavy atom. The second kappa shape index (κ2) is 4.17. The summed E-state index contributed by atoms with van der Waals surface area (Å²) in [7, 11) is 0. The Morgan fingerprint density at radius 1 is 0.840 bits per heavy atom. The molecule has 0 spiro atoms. The molecule has 1 aromatic rings. The standard InChI is InChI=1S/C20H29N3O2/c1-19(2)13-6-7-20(19,3)16(10-13)21-17(24)22-14-9-12-5-4-11(14)8-15(12)23(22)18(21)25/h11-16H,4-10H2,1-3H3/t11-,12+,13-,14+,15-,16+,20-/m0/s1. The SMILES string of the molecule is CC1(C)[C@H]2CC[C@@]1(C)[C@H](n1c(=O)n3n(c1=O)[C@H]1C[C@@H]4CC[C@@H]1C[C@H]43)C2. The molecule has 6 bridgehead atoms. The number of hydrogen-bond donors (Lipinski definition) is 0. The summed E-state index contributed by atoms with van der Waals surface area (Å²) < 4.78 is 5.51. The molecule has 7 aliphatic rings. The minimum atomic E-state index is -0.000347. The van der Waals surface area contributed by atoms with Gasteiger partial charge in [-0.3, -0.25) is 0 Å². The Labute approximate surface area is 148 Å². The van der Waals surface area contributed by atoms with Crippen molar-refractivity contribution in [3.63, 3.8) is 0 Å². The minimum absolute atomic E-state index is 0.000347. The van der Waals surface area contributed by atoms with E-state index < -0.39 is 0 Å². The molecule has 0 unspecified atom stereocenters. The monoisotopic (exact) mass is 343 g/mol. The molecular weight excluding hydrogens is 314 g/mol. The summed E-state index contributed by atoms with van der Waals surface area (Å²) in [5.74, 6) is 1.88. The smallest absolute Gasteiger partial charge is 0.246 e. The van der Waals surface area contributed by atoms with Gasteiger partial charge in [0, 0.05) is 6.04 Å². The van der Waals surface area contributed by atoms with Crippen LogP contribution in [0.3, 0.4) is 0 Å². The van der Waals surface area contributed by atoms with Crippen molar-refractivity contribution < 1.29 is 0 Å². The van der Waals surface area contributed by atoms with Gasteiger partial charge in [0.15, 0.2) is 0 Å². The van der Waals surface area contributed by atoms with Gasteiger partial charge >= 0.3 is 11.4 Å². The van der Waals surface area contributed by atoms with Crippen LogP contribution in [0.25, 0.3) is 0 Å². The first-order valence-electron chi connectivity index (χ1n) is 10.3. The normalized spacial score (nSPS) is 48.3. The summed E-state index contributed by atoms with van der Waals surface area (Å²) >= 11 is 0. The van der Waals surface area contributed by atoms with Crippen molar-refractivity contribution in [3.05, 3.63) is 21.0 Å². The van der Waals surface area contributed by atoms with Crippen LogP contribution >= 0.6 is 0 Å². The van der Waals surface area contributed by atoms with Crippen molar-refractivity contribution >= 4 is 0 Å². The van der Waals surface area contributed by atoms with Gasteiger partial charge in [0.2, 0.25) is 0 Å². The van der Waals surface area contributed by atoms with E-state index in [0.29, 0.717) is 17.8 Å². The van der Waals surface area contributed by atoms with Gasteiger partial charge in [0.1, 0.15) is 0 Å². The van der Waals surface area contributed by atoms with Crippen molar-refractivity contribution in [2.45, 2.75) is 83.8 Å². The van der Waals surface area contributed by atoms with Crippen LogP contribution < -0.4 is 11.4 Å². The van der Waals surface area contributed by atoms with E-state index >= 15 is 0 Å². The molecule has 0 aromatic carbocycles. The Bertz CT molecular complexity index is 840. The lowest BCUT2D eigenvalue weighted by Crippen LogP contribution is -2.52. The average Bonchev–Trinajstić information content (AvgIpc) is 3.07. The van der Waals surface area contributed by atoms with E-state index in [1.165, 1.54) is 19.3 Å². The lowest BCUT2D eigenvalue weighted by molar-refractivity contribution is -0.0270. The maximum Gasteiger partial charge on any atom is 0.347 e. The second-order valence-electron chi connectivity index (χ2n) is 10.5. The van der Waals surface area contributed by atoms with Crippen molar-refractivity contribution in [2.75, 3.05) is 0 Å². The summed E-state index contributed by atoms with van der Waals surface area (Å²) in [4.78, 5) is 26.8. The quantitative estimate of drug-likeness (QED) is 0.787. The number of nitrogens with zero attached hydrogens (tertiary/aromatic N) is 3. The van der Waals surface area contributed by atoms with E-state index in [-0.39, 0.29) is 40.3 Å². The van der Waals surface area contributed by atoms with Crippen LogP contribution in [0.15, 0.2) is 9.59 Å². The largest absolute Gasteiger partial charge is 0.347 e. The summed E-state index contributed by atoms with van der Waals surface area (Å²) in [5, 5.41) is 0. The molecule has 25 heavy (non-hydrogen) atoms. The maximum absolute atomic E-state index is 13.4. The topological polar surface area (TPSA) is 48.9 Å². The number of rotatable bonds is 1. The molecule has 5 nitrogen and oxygen atoms in total. The van der Waals surface area contributed by atoms with Crippen molar-refractivity contribution in [3.8, 4) is 0 Å². The van der Waals surface area contributed by atoms with Crippen molar-refractivity contribution in [2.24, 2.45) is 28.6 Å². The van der Waals surface area contributed by atoms with Crippen LogP contribution in [-0.4, -0.2) is 13.9 Å². The molecule has 5 heteroatoms. The zero-order chi connectivity index (χ0) is 17.3. The first kappa shape index (κ1) is 14.9. The van der Waals surface area contributed by atoms with Gasteiger partial charge in [-0.05, 0) is 73.5 Å². The molecule has 8 rings (SSSR count). The number of hydrogen-bond acceptors (Lipinski definition) is 2. The molecule has 136 valence electrons.